The first-order chi connectivity index (χ1) is 13.6. The molecule has 1 saturated heterocycles. The van der Waals surface area contributed by atoms with Crippen molar-refractivity contribution in [3.8, 4) is 5.75 Å². The standard InChI is InChI=1S/C22H26N4O2/c23-22(24)16-2-1-15-9-18(26-21(15)11-16)10-17(13-27)14-3-5-19(6-4-14)28-20-7-8-25-12-20/h1-6,9,11,17,20,25-27H,7-8,10,12-13H2,(H3,23,24)/t17?,20-/m0/s1. The number of rotatable bonds is 7. The van der Waals surface area contributed by atoms with E-state index in [4.69, 9.17) is 15.9 Å². The minimum atomic E-state index is 0.00235. The molecule has 6 heteroatoms. The Morgan fingerprint density at radius 2 is 2.04 bits per heavy atom. The Morgan fingerprint density at radius 3 is 2.71 bits per heavy atom. The summed E-state index contributed by atoms with van der Waals surface area (Å²) < 4.78 is 5.97. The fraction of sp³-hybridized carbons (Fsp3) is 0.318. The quantitative estimate of drug-likeness (QED) is 0.322. The minimum Gasteiger partial charge on any atom is -0.489 e. The van der Waals surface area contributed by atoms with Gasteiger partial charge in [0.1, 0.15) is 17.7 Å². The van der Waals surface area contributed by atoms with Gasteiger partial charge in [-0.2, -0.15) is 0 Å². The van der Waals surface area contributed by atoms with Gasteiger partial charge in [0.05, 0.1) is 6.61 Å². The number of nitrogens with two attached hydrogens (primary N) is 1. The maximum absolute atomic E-state index is 9.93. The van der Waals surface area contributed by atoms with Crippen LogP contribution in [0.15, 0.2) is 48.5 Å². The molecule has 0 aliphatic carbocycles. The summed E-state index contributed by atoms with van der Waals surface area (Å²) in [4.78, 5) is 3.39. The van der Waals surface area contributed by atoms with E-state index in [0.29, 0.717) is 12.0 Å². The number of benzene rings is 2. The number of nitrogen functional groups attached to an aromatic ring is 1. The largest absolute Gasteiger partial charge is 0.489 e. The fourth-order valence-corrected chi connectivity index (χ4v) is 3.76. The highest BCUT2D eigenvalue weighted by Crippen LogP contribution is 2.26. The fourth-order valence-electron chi connectivity index (χ4n) is 3.76. The summed E-state index contributed by atoms with van der Waals surface area (Å²) in [6, 6.07) is 15.8. The number of nitrogens with one attached hydrogen (secondary N) is 3. The van der Waals surface area contributed by atoms with Crippen molar-refractivity contribution in [1.29, 1.82) is 5.41 Å². The number of amidine groups is 1. The second-order valence-corrected chi connectivity index (χ2v) is 7.40. The van der Waals surface area contributed by atoms with Gasteiger partial charge in [0, 0.05) is 29.2 Å². The average molecular weight is 378 g/mol. The second-order valence-electron chi connectivity index (χ2n) is 7.40. The van der Waals surface area contributed by atoms with Crippen molar-refractivity contribution in [2.75, 3.05) is 19.7 Å². The SMILES string of the molecule is N=C(N)c1ccc2cc(CC(CO)c3ccc(O[C@H]4CCNC4)cc3)[nH]c2c1. The van der Waals surface area contributed by atoms with Crippen LogP contribution in [0, 0.1) is 5.41 Å². The van der Waals surface area contributed by atoms with Gasteiger partial charge in [0.2, 0.25) is 0 Å². The molecule has 0 bridgehead atoms. The van der Waals surface area contributed by atoms with Gasteiger partial charge in [0.25, 0.3) is 0 Å². The lowest BCUT2D eigenvalue weighted by Gasteiger charge is -2.16. The van der Waals surface area contributed by atoms with Gasteiger partial charge in [-0.05, 0) is 54.6 Å². The molecule has 2 aromatic carbocycles. The molecule has 1 fully saturated rings. The number of aromatic amines is 1. The Kier molecular flexibility index (Phi) is 5.32. The van der Waals surface area contributed by atoms with Crippen molar-refractivity contribution in [2.24, 2.45) is 5.73 Å². The minimum absolute atomic E-state index is 0.00235. The summed E-state index contributed by atoms with van der Waals surface area (Å²) in [5.74, 6) is 0.932. The molecule has 146 valence electrons. The van der Waals surface area contributed by atoms with Crippen molar-refractivity contribution >= 4 is 16.7 Å². The Morgan fingerprint density at radius 1 is 1.21 bits per heavy atom. The van der Waals surface area contributed by atoms with Crippen LogP contribution in [0.1, 0.15) is 29.2 Å². The monoisotopic (exact) mass is 378 g/mol. The van der Waals surface area contributed by atoms with Gasteiger partial charge >= 0.3 is 0 Å². The maximum atomic E-state index is 9.93. The number of fused-ring (bicyclic) bond motifs is 1. The second kappa shape index (κ2) is 8.04. The molecule has 0 amide bonds. The van der Waals surface area contributed by atoms with Crippen LogP contribution >= 0.6 is 0 Å². The molecule has 0 spiro atoms. The lowest BCUT2D eigenvalue weighted by Crippen LogP contribution is -2.19. The number of aliphatic hydroxyl groups is 1. The number of hydrogen-bond acceptors (Lipinski definition) is 4. The van der Waals surface area contributed by atoms with Crippen LogP contribution in [-0.2, 0) is 6.42 Å². The Balaban J connectivity index is 1.47. The van der Waals surface area contributed by atoms with Gasteiger partial charge in [-0.1, -0.05) is 24.3 Å². The van der Waals surface area contributed by atoms with E-state index < -0.39 is 0 Å². The molecule has 6 N–H and O–H groups in total. The molecule has 28 heavy (non-hydrogen) atoms. The summed E-state index contributed by atoms with van der Waals surface area (Å²) in [7, 11) is 0. The smallest absolute Gasteiger partial charge is 0.122 e. The molecule has 0 saturated carbocycles. The molecular weight excluding hydrogens is 352 g/mol. The zero-order valence-electron chi connectivity index (χ0n) is 15.7. The summed E-state index contributed by atoms with van der Waals surface area (Å²) in [6.45, 7) is 1.97. The van der Waals surface area contributed by atoms with E-state index in [2.05, 4.69) is 16.4 Å². The highest BCUT2D eigenvalue weighted by atomic mass is 16.5. The third-order valence-electron chi connectivity index (χ3n) is 5.35. The summed E-state index contributed by atoms with van der Waals surface area (Å²) >= 11 is 0. The van der Waals surface area contributed by atoms with E-state index in [1.54, 1.807) is 0 Å². The average Bonchev–Trinajstić information content (AvgIpc) is 3.35. The maximum Gasteiger partial charge on any atom is 0.122 e. The van der Waals surface area contributed by atoms with Crippen LogP contribution in [0.25, 0.3) is 10.9 Å². The highest BCUT2D eigenvalue weighted by molar-refractivity contribution is 5.98. The molecule has 2 atom stereocenters. The number of H-pyrrole nitrogens is 1. The van der Waals surface area contributed by atoms with Crippen LogP contribution in [0.5, 0.6) is 5.75 Å². The molecule has 3 aromatic rings. The zero-order chi connectivity index (χ0) is 19.5. The van der Waals surface area contributed by atoms with Gasteiger partial charge in [-0.3, -0.25) is 5.41 Å². The number of hydrogen-bond donors (Lipinski definition) is 5. The van der Waals surface area contributed by atoms with E-state index in [-0.39, 0.29) is 24.5 Å². The van der Waals surface area contributed by atoms with Crippen molar-refractivity contribution in [3.05, 3.63) is 65.4 Å². The molecule has 1 aliphatic heterocycles. The number of aliphatic hydroxyl groups excluding tert-OH is 1. The number of ether oxygens (including phenoxy) is 1. The van der Waals surface area contributed by atoms with Crippen LogP contribution in [0.4, 0.5) is 0 Å². The summed E-state index contributed by atoms with van der Waals surface area (Å²) in [6.07, 6.45) is 1.98. The van der Waals surface area contributed by atoms with Crippen LogP contribution < -0.4 is 15.8 Å². The van der Waals surface area contributed by atoms with E-state index >= 15 is 0 Å². The summed E-state index contributed by atoms with van der Waals surface area (Å²) in [5, 5.41) is 21.9. The zero-order valence-corrected chi connectivity index (χ0v) is 15.7. The van der Waals surface area contributed by atoms with Gasteiger partial charge in [-0.15, -0.1) is 0 Å². The first-order valence-electron chi connectivity index (χ1n) is 9.66. The normalized spacial score (nSPS) is 17.7. The van der Waals surface area contributed by atoms with Crippen molar-refractivity contribution < 1.29 is 9.84 Å². The predicted molar refractivity (Wildman–Crippen MR) is 111 cm³/mol. The Hall–Kier alpha value is -2.83. The van der Waals surface area contributed by atoms with Crippen molar-refractivity contribution in [2.45, 2.75) is 24.9 Å². The lowest BCUT2D eigenvalue weighted by atomic mass is 9.95. The van der Waals surface area contributed by atoms with Crippen molar-refractivity contribution in [3.63, 3.8) is 0 Å². The van der Waals surface area contributed by atoms with Gasteiger partial charge < -0.3 is 25.9 Å². The molecule has 1 unspecified atom stereocenters. The molecule has 1 aromatic heterocycles. The van der Waals surface area contributed by atoms with E-state index in [1.807, 2.05) is 42.5 Å². The third-order valence-corrected chi connectivity index (χ3v) is 5.35. The highest BCUT2D eigenvalue weighted by Gasteiger charge is 2.17. The van der Waals surface area contributed by atoms with Gasteiger partial charge in [0.15, 0.2) is 0 Å². The Bertz CT molecular complexity index is 958. The predicted octanol–water partition coefficient (Wildman–Crippen LogP) is 2.51. The van der Waals surface area contributed by atoms with E-state index in [1.165, 1.54) is 0 Å². The van der Waals surface area contributed by atoms with Crippen LogP contribution in [0.3, 0.4) is 0 Å². The number of aromatic nitrogens is 1. The van der Waals surface area contributed by atoms with Crippen LogP contribution in [-0.4, -0.2) is 41.7 Å². The molecule has 6 nitrogen and oxygen atoms in total. The molecule has 0 radical (unpaired) electrons. The third kappa shape index (κ3) is 4.03. The topological polar surface area (TPSA) is 107 Å². The lowest BCUT2D eigenvalue weighted by molar-refractivity contribution is 0.223. The van der Waals surface area contributed by atoms with Crippen LogP contribution in [0.2, 0.25) is 0 Å². The first kappa shape index (κ1) is 18.5. The molecule has 2 heterocycles. The first-order valence-corrected chi connectivity index (χ1v) is 9.66. The molecular formula is C22H26N4O2. The molecule has 4 rings (SSSR count). The molecule has 1 aliphatic rings. The van der Waals surface area contributed by atoms with Gasteiger partial charge in [-0.25, -0.2) is 0 Å². The summed E-state index contributed by atoms with van der Waals surface area (Å²) in [5.41, 5.74) is 9.36. The van der Waals surface area contributed by atoms with Crippen molar-refractivity contribution in [1.82, 2.24) is 10.3 Å². The van der Waals surface area contributed by atoms with E-state index in [0.717, 1.165) is 47.4 Å². The van der Waals surface area contributed by atoms with E-state index in [9.17, 15) is 5.11 Å². The Labute approximate surface area is 164 Å².